The normalized spacial score (nSPS) is 27.6. The van der Waals surface area contributed by atoms with Gasteiger partial charge in [-0.25, -0.2) is 0 Å². The largest absolute Gasteiger partial charge is 0.379 e. The number of carbonyl (C=O) groups excluding carboxylic acids is 1. The van der Waals surface area contributed by atoms with E-state index in [1.54, 1.807) is 12.3 Å². The first-order valence-electron chi connectivity index (χ1n) is 6.78. The van der Waals surface area contributed by atoms with Crippen molar-refractivity contribution < 1.29 is 14.3 Å². The van der Waals surface area contributed by atoms with Gasteiger partial charge in [0.15, 0.2) is 0 Å². The lowest BCUT2D eigenvalue weighted by Crippen LogP contribution is -2.54. The molecule has 20 heavy (non-hydrogen) atoms. The highest BCUT2D eigenvalue weighted by Crippen LogP contribution is 2.16. The van der Waals surface area contributed by atoms with Gasteiger partial charge in [-0.15, -0.1) is 0 Å². The Kier molecular flexibility index (Phi) is 4.26. The van der Waals surface area contributed by atoms with Gasteiger partial charge in [-0.05, 0) is 6.07 Å². The number of halogens is 1. The maximum atomic E-state index is 12.1. The zero-order chi connectivity index (χ0) is 13.9. The van der Waals surface area contributed by atoms with E-state index in [1.807, 2.05) is 0 Å². The molecule has 0 bridgehead atoms. The number of amides is 1. The number of ether oxygens (including phenoxy) is 2. The minimum atomic E-state index is -0.148. The molecular weight excluding hydrogens is 282 g/mol. The van der Waals surface area contributed by atoms with Gasteiger partial charge in [0.2, 0.25) is 0 Å². The van der Waals surface area contributed by atoms with Crippen LogP contribution >= 0.6 is 11.6 Å². The molecule has 110 valence electrons. The van der Waals surface area contributed by atoms with Crippen molar-refractivity contribution in [3.05, 3.63) is 23.0 Å². The van der Waals surface area contributed by atoms with E-state index in [-0.39, 0.29) is 18.0 Å². The molecule has 6 nitrogen and oxygen atoms in total. The molecule has 1 aromatic heterocycles. The third kappa shape index (κ3) is 2.98. The van der Waals surface area contributed by atoms with Gasteiger partial charge >= 0.3 is 0 Å². The van der Waals surface area contributed by atoms with Gasteiger partial charge in [0.05, 0.1) is 43.5 Å². The van der Waals surface area contributed by atoms with Crippen LogP contribution in [0, 0.1) is 0 Å². The van der Waals surface area contributed by atoms with E-state index < -0.39 is 0 Å². The van der Waals surface area contributed by atoms with Crippen LogP contribution in [0.15, 0.2) is 12.3 Å². The average Bonchev–Trinajstić information content (AvgIpc) is 3.09. The second-order valence-electron chi connectivity index (χ2n) is 5.06. The predicted molar refractivity (Wildman–Crippen MR) is 74.1 cm³/mol. The van der Waals surface area contributed by atoms with Crippen LogP contribution in [-0.2, 0) is 9.47 Å². The van der Waals surface area contributed by atoms with Gasteiger partial charge in [0.1, 0.15) is 5.69 Å². The Bertz CT molecular complexity index is 473. The molecule has 3 rings (SSSR count). The summed E-state index contributed by atoms with van der Waals surface area (Å²) in [5, 5.41) is 3.55. The van der Waals surface area contributed by atoms with E-state index in [4.69, 9.17) is 21.1 Å². The Morgan fingerprint density at radius 3 is 2.85 bits per heavy atom. The second kappa shape index (κ2) is 6.13. The van der Waals surface area contributed by atoms with Crippen molar-refractivity contribution in [1.82, 2.24) is 15.2 Å². The van der Waals surface area contributed by atoms with Gasteiger partial charge in [-0.2, -0.15) is 0 Å². The molecule has 2 N–H and O–H groups in total. The molecule has 0 aliphatic carbocycles. The topological polar surface area (TPSA) is 66.6 Å². The molecule has 0 aromatic carbocycles. The van der Waals surface area contributed by atoms with Crippen LogP contribution < -0.4 is 5.32 Å². The van der Waals surface area contributed by atoms with E-state index in [2.05, 4.69) is 15.2 Å². The fourth-order valence-corrected chi connectivity index (χ4v) is 2.86. The summed E-state index contributed by atoms with van der Waals surface area (Å²) >= 11 is 5.81. The number of aromatic amines is 1. The highest BCUT2D eigenvalue weighted by atomic mass is 35.5. The van der Waals surface area contributed by atoms with Crippen molar-refractivity contribution in [1.29, 1.82) is 0 Å². The molecule has 2 fully saturated rings. The Hall–Kier alpha value is -1.08. The molecule has 2 atom stereocenters. The molecule has 3 heterocycles. The second-order valence-corrected chi connectivity index (χ2v) is 5.50. The molecule has 0 saturated carbocycles. The summed E-state index contributed by atoms with van der Waals surface area (Å²) in [6.45, 7) is 4.44. The van der Waals surface area contributed by atoms with E-state index in [1.165, 1.54) is 0 Å². The van der Waals surface area contributed by atoms with Crippen molar-refractivity contribution in [3.8, 4) is 0 Å². The molecule has 2 aliphatic rings. The Morgan fingerprint density at radius 1 is 1.35 bits per heavy atom. The van der Waals surface area contributed by atoms with Crippen molar-refractivity contribution in [2.24, 2.45) is 0 Å². The zero-order valence-corrected chi connectivity index (χ0v) is 11.9. The van der Waals surface area contributed by atoms with Gasteiger partial charge < -0.3 is 19.8 Å². The molecule has 7 heteroatoms. The summed E-state index contributed by atoms with van der Waals surface area (Å²) in [4.78, 5) is 17.3. The van der Waals surface area contributed by atoms with Crippen LogP contribution in [0.1, 0.15) is 10.5 Å². The van der Waals surface area contributed by atoms with Crippen molar-refractivity contribution >= 4 is 17.5 Å². The number of nitrogens with one attached hydrogen (secondary N) is 2. The summed E-state index contributed by atoms with van der Waals surface area (Å²) in [6.07, 6.45) is 1.60. The van der Waals surface area contributed by atoms with Crippen molar-refractivity contribution in [2.75, 3.05) is 39.5 Å². The summed E-state index contributed by atoms with van der Waals surface area (Å²) in [5.74, 6) is -0.148. The molecule has 0 spiro atoms. The molecule has 1 amide bonds. The smallest absolute Gasteiger partial charge is 0.268 e. The monoisotopic (exact) mass is 299 g/mol. The van der Waals surface area contributed by atoms with E-state index in [9.17, 15) is 4.79 Å². The number of morpholine rings is 1. The Labute approximate surface area is 122 Å². The highest BCUT2D eigenvalue weighted by molar-refractivity contribution is 6.30. The minimum Gasteiger partial charge on any atom is -0.379 e. The SMILES string of the molecule is O=C(N[C@H]1COC[C@@H]1N1CCOCC1)c1cc(Cl)c[nH]1. The summed E-state index contributed by atoms with van der Waals surface area (Å²) in [7, 11) is 0. The lowest BCUT2D eigenvalue weighted by molar-refractivity contribution is 0.0108. The van der Waals surface area contributed by atoms with Crippen LogP contribution in [0.4, 0.5) is 0 Å². The lowest BCUT2D eigenvalue weighted by atomic mass is 10.1. The number of H-pyrrole nitrogens is 1. The van der Waals surface area contributed by atoms with Gasteiger partial charge in [-0.1, -0.05) is 11.6 Å². The molecule has 2 aliphatic heterocycles. The van der Waals surface area contributed by atoms with E-state index in [0.717, 1.165) is 26.3 Å². The number of aromatic nitrogens is 1. The lowest BCUT2D eigenvalue weighted by Gasteiger charge is -2.34. The summed E-state index contributed by atoms with van der Waals surface area (Å²) in [5.41, 5.74) is 0.475. The highest BCUT2D eigenvalue weighted by Gasteiger charge is 2.35. The van der Waals surface area contributed by atoms with Gasteiger partial charge in [0.25, 0.3) is 5.91 Å². The van der Waals surface area contributed by atoms with Crippen LogP contribution in [0.2, 0.25) is 5.02 Å². The predicted octanol–water partition coefficient (Wildman–Crippen LogP) is 0.498. The minimum absolute atomic E-state index is 0.00248. The van der Waals surface area contributed by atoms with Crippen molar-refractivity contribution in [2.45, 2.75) is 12.1 Å². The maximum absolute atomic E-state index is 12.1. The average molecular weight is 300 g/mol. The molecular formula is C13H18ClN3O3. The first kappa shape index (κ1) is 13.9. The molecule has 1 aromatic rings. The first-order chi connectivity index (χ1) is 9.74. The standard InChI is InChI=1S/C13H18ClN3O3/c14-9-5-10(15-6-9)13(18)16-11-7-20-8-12(11)17-1-3-19-4-2-17/h5-6,11-12,15H,1-4,7-8H2,(H,16,18)/t11-,12-/m0/s1. The van der Waals surface area contributed by atoms with Crippen molar-refractivity contribution in [3.63, 3.8) is 0 Å². The first-order valence-corrected chi connectivity index (χ1v) is 7.16. The van der Waals surface area contributed by atoms with E-state index >= 15 is 0 Å². The van der Waals surface area contributed by atoms with Crippen LogP contribution in [-0.4, -0.2) is 67.4 Å². The summed E-state index contributed by atoms with van der Waals surface area (Å²) < 4.78 is 10.9. The van der Waals surface area contributed by atoms with Gasteiger partial charge in [0, 0.05) is 19.3 Å². The van der Waals surface area contributed by atoms with Crippen LogP contribution in [0.5, 0.6) is 0 Å². The zero-order valence-electron chi connectivity index (χ0n) is 11.1. The Balaban J connectivity index is 1.62. The molecule has 2 saturated heterocycles. The fourth-order valence-electron chi connectivity index (χ4n) is 2.69. The molecule has 0 radical (unpaired) electrons. The number of hydrogen-bond acceptors (Lipinski definition) is 4. The fraction of sp³-hybridized carbons (Fsp3) is 0.615. The quantitative estimate of drug-likeness (QED) is 0.853. The third-order valence-electron chi connectivity index (χ3n) is 3.77. The van der Waals surface area contributed by atoms with E-state index in [0.29, 0.717) is 23.9 Å². The maximum Gasteiger partial charge on any atom is 0.268 e. The number of carbonyl (C=O) groups is 1. The van der Waals surface area contributed by atoms with Crippen LogP contribution in [0.25, 0.3) is 0 Å². The Morgan fingerprint density at radius 2 is 2.15 bits per heavy atom. The van der Waals surface area contributed by atoms with Gasteiger partial charge in [-0.3, -0.25) is 9.69 Å². The molecule has 0 unspecified atom stereocenters. The number of nitrogens with zero attached hydrogens (tertiary/aromatic N) is 1. The third-order valence-corrected chi connectivity index (χ3v) is 3.99. The number of hydrogen-bond donors (Lipinski definition) is 2. The number of rotatable bonds is 3. The van der Waals surface area contributed by atoms with Crippen LogP contribution in [0.3, 0.4) is 0 Å². The summed E-state index contributed by atoms with van der Waals surface area (Å²) in [6, 6.07) is 1.84.